The maximum atomic E-state index is 12.6. The van der Waals surface area contributed by atoms with Gasteiger partial charge < -0.3 is 18.9 Å². The van der Waals surface area contributed by atoms with Crippen LogP contribution >= 0.6 is 0 Å². The van der Waals surface area contributed by atoms with E-state index in [0.717, 1.165) is 5.69 Å². The molecule has 0 unspecified atom stereocenters. The third kappa shape index (κ3) is 2.81. The zero-order chi connectivity index (χ0) is 19.7. The van der Waals surface area contributed by atoms with E-state index in [0.29, 0.717) is 22.6 Å². The van der Waals surface area contributed by atoms with E-state index in [1.165, 1.54) is 20.4 Å². The molecule has 0 radical (unpaired) electrons. The van der Waals surface area contributed by atoms with E-state index >= 15 is 0 Å². The van der Waals surface area contributed by atoms with Crippen molar-refractivity contribution in [2.24, 2.45) is 0 Å². The normalized spacial score (nSPS) is 11.8. The Bertz CT molecular complexity index is 1050. The van der Waals surface area contributed by atoms with Crippen LogP contribution in [0.25, 0.3) is 16.8 Å². The van der Waals surface area contributed by atoms with E-state index in [1.54, 1.807) is 11.6 Å². The first-order valence-electron chi connectivity index (χ1n) is 8.64. The van der Waals surface area contributed by atoms with Gasteiger partial charge in [0.1, 0.15) is 18.0 Å². The molecular weight excluding hydrogens is 364 g/mol. The van der Waals surface area contributed by atoms with Crippen molar-refractivity contribution >= 4 is 5.97 Å². The molecule has 1 aliphatic rings. The van der Waals surface area contributed by atoms with Gasteiger partial charge in [0.2, 0.25) is 5.88 Å². The Hall–Kier alpha value is -3.62. The second-order valence-corrected chi connectivity index (χ2v) is 5.84. The molecule has 144 valence electrons. The summed E-state index contributed by atoms with van der Waals surface area (Å²) >= 11 is 0. The fourth-order valence-corrected chi connectivity index (χ4v) is 3.09. The van der Waals surface area contributed by atoms with Crippen LogP contribution in [-0.4, -0.2) is 46.5 Å². The lowest BCUT2D eigenvalue weighted by molar-refractivity contribution is 0.0520. The maximum absolute atomic E-state index is 12.6. The van der Waals surface area contributed by atoms with Gasteiger partial charge in [-0.3, -0.25) is 0 Å². The summed E-state index contributed by atoms with van der Waals surface area (Å²) in [6, 6.07) is 7.62. The lowest BCUT2D eigenvalue weighted by Gasteiger charge is -2.20. The van der Waals surface area contributed by atoms with Crippen LogP contribution < -0.4 is 14.2 Å². The minimum absolute atomic E-state index is 0.143. The summed E-state index contributed by atoms with van der Waals surface area (Å²) in [5, 5.41) is 4.52. The number of carbonyl (C=O) groups excluding carboxylic acids is 1. The molecule has 2 aromatic heterocycles. The third-order valence-corrected chi connectivity index (χ3v) is 4.28. The number of methoxy groups -OCH3 is 2. The smallest absolute Gasteiger partial charge is 0.359 e. The Morgan fingerprint density at radius 3 is 2.82 bits per heavy atom. The standard InChI is InChI=1S/C19H18N4O5/c1-4-27-18(24)16-15(11-9-20-19(26-3)21-17(11)25-2)13-10-28-14-8-6-5-7-12(14)23(13)22-16/h5-9H,4,10H2,1-3H3. The zero-order valence-corrected chi connectivity index (χ0v) is 15.6. The van der Waals surface area contributed by atoms with Gasteiger partial charge in [-0.15, -0.1) is 0 Å². The SMILES string of the molecule is CCOC(=O)c1nn2c(c1-c1cnc(OC)nc1OC)COc1ccccc1-2. The number of para-hydroxylation sites is 2. The summed E-state index contributed by atoms with van der Waals surface area (Å²) in [5.41, 5.74) is 2.55. The van der Waals surface area contributed by atoms with Gasteiger partial charge in [-0.05, 0) is 19.1 Å². The number of fused-ring (bicyclic) bond motifs is 3. The lowest BCUT2D eigenvalue weighted by atomic mass is 10.0. The van der Waals surface area contributed by atoms with Crippen molar-refractivity contribution in [2.45, 2.75) is 13.5 Å². The number of ether oxygens (including phenoxy) is 4. The molecule has 4 rings (SSSR count). The zero-order valence-electron chi connectivity index (χ0n) is 15.6. The number of rotatable bonds is 5. The third-order valence-electron chi connectivity index (χ3n) is 4.28. The van der Waals surface area contributed by atoms with Gasteiger partial charge in [-0.2, -0.15) is 10.1 Å². The molecule has 0 spiro atoms. The van der Waals surface area contributed by atoms with Gasteiger partial charge >= 0.3 is 12.0 Å². The molecule has 0 amide bonds. The molecular formula is C19H18N4O5. The molecule has 0 aliphatic carbocycles. The predicted molar refractivity (Wildman–Crippen MR) is 98.0 cm³/mol. The Morgan fingerprint density at radius 2 is 2.07 bits per heavy atom. The summed E-state index contributed by atoms with van der Waals surface area (Å²) in [6.07, 6.45) is 1.53. The highest BCUT2D eigenvalue weighted by Gasteiger charge is 2.31. The van der Waals surface area contributed by atoms with E-state index in [4.69, 9.17) is 18.9 Å². The van der Waals surface area contributed by atoms with E-state index < -0.39 is 5.97 Å². The minimum atomic E-state index is -0.547. The lowest BCUT2D eigenvalue weighted by Crippen LogP contribution is -2.14. The van der Waals surface area contributed by atoms with Crippen LogP contribution in [-0.2, 0) is 11.3 Å². The molecule has 0 saturated carbocycles. The van der Waals surface area contributed by atoms with E-state index in [1.807, 2.05) is 24.3 Å². The molecule has 1 aromatic carbocycles. The van der Waals surface area contributed by atoms with Gasteiger partial charge in [0, 0.05) is 11.8 Å². The monoisotopic (exact) mass is 382 g/mol. The van der Waals surface area contributed by atoms with Crippen molar-refractivity contribution in [3.8, 4) is 34.5 Å². The average molecular weight is 382 g/mol. The van der Waals surface area contributed by atoms with E-state index in [2.05, 4.69) is 15.1 Å². The molecule has 0 N–H and O–H groups in total. The first-order valence-corrected chi connectivity index (χ1v) is 8.64. The Morgan fingerprint density at radius 1 is 1.25 bits per heavy atom. The fourth-order valence-electron chi connectivity index (χ4n) is 3.09. The van der Waals surface area contributed by atoms with Gasteiger partial charge in [-0.25, -0.2) is 14.5 Å². The van der Waals surface area contributed by atoms with Crippen LogP contribution in [0.5, 0.6) is 17.6 Å². The molecule has 0 atom stereocenters. The van der Waals surface area contributed by atoms with Crippen LogP contribution in [0.4, 0.5) is 0 Å². The largest absolute Gasteiger partial charge is 0.485 e. The molecule has 0 bridgehead atoms. The highest BCUT2D eigenvalue weighted by Crippen LogP contribution is 2.39. The van der Waals surface area contributed by atoms with Gasteiger partial charge in [0.15, 0.2) is 5.69 Å². The van der Waals surface area contributed by atoms with Crippen LogP contribution in [0.3, 0.4) is 0 Å². The molecule has 3 heterocycles. The number of esters is 1. The van der Waals surface area contributed by atoms with Crippen molar-refractivity contribution in [3.05, 3.63) is 41.9 Å². The second kappa shape index (κ2) is 7.18. The van der Waals surface area contributed by atoms with E-state index in [-0.39, 0.29) is 30.8 Å². The molecule has 9 heteroatoms. The van der Waals surface area contributed by atoms with Crippen molar-refractivity contribution in [1.82, 2.24) is 19.7 Å². The number of aromatic nitrogens is 4. The van der Waals surface area contributed by atoms with Crippen molar-refractivity contribution in [2.75, 3.05) is 20.8 Å². The Balaban J connectivity index is 1.97. The molecule has 0 fully saturated rings. The second-order valence-electron chi connectivity index (χ2n) is 5.84. The number of hydrogen-bond donors (Lipinski definition) is 0. The van der Waals surface area contributed by atoms with Crippen molar-refractivity contribution in [3.63, 3.8) is 0 Å². The Kier molecular flexibility index (Phi) is 4.56. The molecule has 28 heavy (non-hydrogen) atoms. The molecule has 1 aliphatic heterocycles. The quantitative estimate of drug-likeness (QED) is 0.621. The van der Waals surface area contributed by atoms with Gasteiger partial charge in [-0.1, -0.05) is 12.1 Å². The summed E-state index contributed by atoms with van der Waals surface area (Å²) in [5.74, 6) is 0.388. The summed E-state index contributed by atoms with van der Waals surface area (Å²) in [6.45, 7) is 2.18. The highest BCUT2D eigenvalue weighted by atomic mass is 16.5. The van der Waals surface area contributed by atoms with Crippen LogP contribution in [0.1, 0.15) is 23.1 Å². The molecule has 3 aromatic rings. The number of carbonyl (C=O) groups is 1. The van der Waals surface area contributed by atoms with Gasteiger partial charge in [0.25, 0.3) is 0 Å². The first kappa shape index (κ1) is 17.8. The Labute approximate surface area is 160 Å². The van der Waals surface area contributed by atoms with Crippen LogP contribution in [0.2, 0.25) is 0 Å². The average Bonchev–Trinajstić information content (AvgIpc) is 3.13. The molecule has 0 saturated heterocycles. The first-order chi connectivity index (χ1) is 13.7. The van der Waals surface area contributed by atoms with Crippen LogP contribution in [0, 0.1) is 0 Å². The summed E-state index contributed by atoms with van der Waals surface area (Å²) in [4.78, 5) is 21.0. The van der Waals surface area contributed by atoms with Gasteiger partial charge in [0.05, 0.1) is 32.1 Å². The minimum Gasteiger partial charge on any atom is -0.485 e. The summed E-state index contributed by atoms with van der Waals surface area (Å²) in [7, 11) is 2.95. The van der Waals surface area contributed by atoms with Crippen molar-refractivity contribution in [1.29, 1.82) is 0 Å². The highest BCUT2D eigenvalue weighted by molar-refractivity contribution is 5.97. The van der Waals surface area contributed by atoms with E-state index in [9.17, 15) is 4.79 Å². The number of nitrogens with zero attached hydrogens (tertiary/aromatic N) is 4. The fraction of sp³-hybridized carbons (Fsp3) is 0.263. The number of hydrogen-bond acceptors (Lipinski definition) is 8. The number of benzene rings is 1. The summed E-state index contributed by atoms with van der Waals surface area (Å²) < 4.78 is 23.2. The topological polar surface area (TPSA) is 97.6 Å². The van der Waals surface area contributed by atoms with Crippen LogP contribution in [0.15, 0.2) is 30.5 Å². The maximum Gasteiger partial charge on any atom is 0.359 e. The predicted octanol–water partition coefficient (Wildman–Crippen LogP) is 2.42. The molecule has 9 nitrogen and oxygen atoms in total. The van der Waals surface area contributed by atoms with Crippen molar-refractivity contribution < 1.29 is 23.7 Å².